The van der Waals surface area contributed by atoms with E-state index < -0.39 is 0 Å². The Bertz CT molecular complexity index is 495. The van der Waals surface area contributed by atoms with Crippen LogP contribution in [0.4, 0.5) is 0 Å². The number of rotatable bonds is 2. The molecule has 0 aliphatic carbocycles. The quantitative estimate of drug-likeness (QED) is 0.690. The van der Waals surface area contributed by atoms with Crippen molar-refractivity contribution < 1.29 is 0 Å². The zero-order chi connectivity index (χ0) is 9.26. The van der Waals surface area contributed by atoms with Crippen molar-refractivity contribution >= 4 is 11.0 Å². The summed E-state index contributed by atoms with van der Waals surface area (Å²) < 4.78 is 1.81. The summed E-state index contributed by atoms with van der Waals surface area (Å²) in [5.74, 6) is 0. The Morgan fingerprint density at radius 1 is 1.69 bits per heavy atom. The van der Waals surface area contributed by atoms with Gasteiger partial charge in [-0.15, -0.1) is 6.58 Å². The molecule has 2 aromatic rings. The summed E-state index contributed by atoms with van der Waals surface area (Å²) in [5.41, 5.74) is 1.20. The summed E-state index contributed by atoms with van der Waals surface area (Å²) in [4.78, 5) is 18.0. The van der Waals surface area contributed by atoms with Crippen molar-refractivity contribution in [2.75, 3.05) is 0 Å². The van der Waals surface area contributed by atoms with Crippen LogP contribution in [0.5, 0.6) is 0 Å². The van der Waals surface area contributed by atoms with Gasteiger partial charge < -0.3 is 9.55 Å². The maximum atomic E-state index is 11.4. The molecule has 0 aliphatic heterocycles. The summed E-state index contributed by atoms with van der Waals surface area (Å²) in [7, 11) is 0. The van der Waals surface area contributed by atoms with Crippen LogP contribution < -0.4 is 5.56 Å². The van der Waals surface area contributed by atoms with E-state index in [1.165, 1.54) is 6.33 Å². The third kappa shape index (κ3) is 1.16. The van der Waals surface area contributed by atoms with Gasteiger partial charge >= 0.3 is 0 Å². The third-order valence-corrected chi connectivity index (χ3v) is 1.88. The van der Waals surface area contributed by atoms with E-state index >= 15 is 0 Å². The minimum absolute atomic E-state index is 0.114. The first-order valence-electron chi connectivity index (χ1n) is 3.96. The van der Waals surface area contributed by atoms with Gasteiger partial charge in [-0.05, 0) is 6.07 Å². The highest BCUT2D eigenvalue weighted by Gasteiger charge is 2.03. The van der Waals surface area contributed by atoms with Crippen LogP contribution in [0.2, 0.25) is 0 Å². The van der Waals surface area contributed by atoms with E-state index in [0.29, 0.717) is 17.6 Å². The molecule has 0 bridgehead atoms. The van der Waals surface area contributed by atoms with Crippen LogP contribution in [-0.4, -0.2) is 14.5 Å². The number of aromatic nitrogens is 3. The average Bonchev–Trinajstić information content (AvgIpc) is 2.51. The monoisotopic (exact) mass is 175 g/mol. The summed E-state index contributed by atoms with van der Waals surface area (Å²) >= 11 is 0. The lowest BCUT2D eigenvalue weighted by atomic mass is 10.4. The molecule has 0 aliphatic rings. The fraction of sp³-hybridized carbons (Fsp3) is 0.111. The molecule has 0 fully saturated rings. The van der Waals surface area contributed by atoms with Crippen molar-refractivity contribution in [2.24, 2.45) is 0 Å². The first kappa shape index (κ1) is 7.79. The number of allylic oxidation sites excluding steroid dienone is 1. The minimum Gasteiger partial charge on any atom is -0.338 e. The zero-order valence-corrected chi connectivity index (χ0v) is 7.03. The van der Waals surface area contributed by atoms with Crippen LogP contribution in [0.1, 0.15) is 0 Å². The fourth-order valence-corrected chi connectivity index (χ4v) is 1.33. The highest BCUT2D eigenvalue weighted by atomic mass is 16.1. The largest absolute Gasteiger partial charge is 0.338 e. The second-order valence-electron chi connectivity index (χ2n) is 2.72. The maximum absolute atomic E-state index is 11.4. The van der Waals surface area contributed by atoms with Crippen molar-refractivity contribution in [1.82, 2.24) is 14.5 Å². The molecule has 0 spiro atoms. The molecule has 2 rings (SSSR count). The van der Waals surface area contributed by atoms with Gasteiger partial charge in [0, 0.05) is 12.7 Å². The normalized spacial score (nSPS) is 10.5. The number of fused-ring (bicyclic) bond motifs is 1. The van der Waals surface area contributed by atoms with Crippen molar-refractivity contribution in [3.8, 4) is 0 Å². The maximum Gasteiger partial charge on any atom is 0.275 e. The predicted octanol–water partition coefficient (Wildman–Crippen LogP) is 0.911. The lowest BCUT2D eigenvalue weighted by molar-refractivity contribution is 0.857. The number of nitrogens with one attached hydrogen (secondary N) is 1. The van der Waals surface area contributed by atoms with Crippen LogP contribution in [-0.2, 0) is 6.54 Å². The van der Waals surface area contributed by atoms with Gasteiger partial charge in [0.05, 0.1) is 11.8 Å². The lowest BCUT2D eigenvalue weighted by Gasteiger charge is -1.97. The Hall–Kier alpha value is -1.84. The topological polar surface area (TPSA) is 50.7 Å². The van der Waals surface area contributed by atoms with Gasteiger partial charge in [-0.1, -0.05) is 6.08 Å². The van der Waals surface area contributed by atoms with E-state index in [1.807, 2.05) is 16.8 Å². The first-order chi connectivity index (χ1) is 6.33. The van der Waals surface area contributed by atoms with Crippen LogP contribution in [0.15, 0.2) is 36.0 Å². The number of hydrogen-bond acceptors (Lipinski definition) is 2. The van der Waals surface area contributed by atoms with E-state index in [9.17, 15) is 4.79 Å². The average molecular weight is 175 g/mol. The van der Waals surface area contributed by atoms with Crippen molar-refractivity contribution in [1.29, 1.82) is 0 Å². The zero-order valence-electron chi connectivity index (χ0n) is 7.03. The molecule has 4 heteroatoms. The van der Waals surface area contributed by atoms with Gasteiger partial charge in [0.15, 0.2) is 0 Å². The van der Waals surface area contributed by atoms with E-state index in [2.05, 4.69) is 16.5 Å². The number of H-pyrrole nitrogens is 1. The Morgan fingerprint density at radius 2 is 2.54 bits per heavy atom. The molecule has 0 saturated carbocycles. The van der Waals surface area contributed by atoms with Gasteiger partial charge in [0.1, 0.15) is 5.52 Å². The fourth-order valence-electron chi connectivity index (χ4n) is 1.33. The van der Waals surface area contributed by atoms with Gasteiger partial charge in [-0.3, -0.25) is 4.79 Å². The van der Waals surface area contributed by atoms with E-state index in [1.54, 1.807) is 6.08 Å². The Kier molecular flexibility index (Phi) is 1.73. The minimum atomic E-state index is -0.114. The number of nitrogens with zero attached hydrogens (tertiary/aromatic N) is 2. The van der Waals surface area contributed by atoms with Gasteiger partial charge in [-0.2, -0.15) is 0 Å². The second kappa shape index (κ2) is 2.90. The van der Waals surface area contributed by atoms with Gasteiger partial charge in [0.2, 0.25) is 0 Å². The molecule has 2 heterocycles. The molecule has 2 aromatic heterocycles. The highest BCUT2D eigenvalue weighted by Crippen LogP contribution is 2.06. The second-order valence-corrected chi connectivity index (χ2v) is 2.72. The number of hydrogen-bond donors (Lipinski definition) is 1. The standard InChI is InChI=1S/C9H9N3O/c1-2-4-12-5-3-7-8(12)9(13)11-6-10-7/h2-3,5-6H,1,4H2,(H,10,11,13). The lowest BCUT2D eigenvalue weighted by Crippen LogP contribution is -2.10. The van der Waals surface area contributed by atoms with Crippen molar-refractivity contribution in [2.45, 2.75) is 6.54 Å². The summed E-state index contributed by atoms with van der Waals surface area (Å²) in [6.45, 7) is 4.24. The van der Waals surface area contributed by atoms with E-state index in [4.69, 9.17) is 0 Å². The van der Waals surface area contributed by atoms with Crippen LogP contribution in [0.25, 0.3) is 11.0 Å². The molecule has 4 nitrogen and oxygen atoms in total. The number of aromatic amines is 1. The molecule has 0 unspecified atom stereocenters. The van der Waals surface area contributed by atoms with Crippen molar-refractivity contribution in [3.05, 3.63) is 41.6 Å². The van der Waals surface area contributed by atoms with Crippen LogP contribution in [0, 0.1) is 0 Å². The summed E-state index contributed by atoms with van der Waals surface area (Å²) in [6.07, 6.45) is 4.98. The smallest absolute Gasteiger partial charge is 0.275 e. The molecular formula is C9H9N3O. The van der Waals surface area contributed by atoms with Crippen molar-refractivity contribution in [3.63, 3.8) is 0 Å². The Balaban J connectivity index is 2.78. The molecule has 0 atom stereocenters. The highest BCUT2D eigenvalue weighted by molar-refractivity contribution is 5.74. The predicted molar refractivity (Wildman–Crippen MR) is 50.6 cm³/mol. The third-order valence-electron chi connectivity index (χ3n) is 1.88. The Labute approximate surface area is 74.5 Å². The SMILES string of the molecule is C=CCn1ccc2nc[nH]c(=O)c21. The Morgan fingerprint density at radius 3 is 3.31 bits per heavy atom. The van der Waals surface area contributed by atoms with E-state index in [0.717, 1.165) is 0 Å². The van der Waals surface area contributed by atoms with E-state index in [-0.39, 0.29) is 5.56 Å². The molecule has 0 radical (unpaired) electrons. The van der Waals surface area contributed by atoms with Gasteiger partial charge in [0.25, 0.3) is 5.56 Å². The first-order valence-corrected chi connectivity index (χ1v) is 3.96. The molecular weight excluding hydrogens is 166 g/mol. The molecule has 66 valence electrons. The molecule has 13 heavy (non-hydrogen) atoms. The molecule has 0 saturated heterocycles. The van der Waals surface area contributed by atoms with Crippen LogP contribution in [0.3, 0.4) is 0 Å². The molecule has 1 N–H and O–H groups in total. The molecule has 0 amide bonds. The summed E-state index contributed by atoms with van der Waals surface area (Å²) in [5, 5.41) is 0. The van der Waals surface area contributed by atoms with Crippen LogP contribution >= 0.6 is 0 Å². The summed E-state index contributed by atoms with van der Waals surface area (Å²) in [6, 6.07) is 1.81. The molecule has 0 aromatic carbocycles. The van der Waals surface area contributed by atoms with Gasteiger partial charge in [-0.25, -0.2) is 4.98 Å².